The summed E-state index contributed by atoms with van der Waals surface area (Å²) in [5.74, 6) is 0.450. The van der Waals surface area contributed by atoms with Crippen LogP contribution in [-0.2, 0) is 0 Å². The predicted molar refractivity (Wildman–Crippen MR) is 93.0 cm³/mol. The van der Waals surface area contributed by atoms with E-state index in [9.17, 15) is 4.79 Å². The largest absolute Gasteiger partial charge is 0.447 e. The molecule has 0 bridgehead atoms. The number of fused-ring (bicyclic) bond motifs is 4. The Balaban J connectivity index is 1.62. The highest BCUT2D eigenvalue weighted by atomic mass is 32.2. The van der Waals surface area contributed by atoms with Crippen molar-refractivity contribution in [2.45, 2.75) is 18.3 Å². The molecule has 2 aromatic carbocycles. The number of amides is 1. The first-order chi connectivity index (χ1) is 11.8. The van der Waals surface area contributed by atoms with Gasteiger partial charge in [-0.2, -0.15) is 5.10 Å². The highest BCUT2D eigenvalue weighted by Crippen LogP contribution is 2.48. The summed E-state index contributed by atoms with van der Waals surface area (Å²) in [7, 11) is 0. The lowest BCUT2D eigenvalue weighted by Gasteiger charge is -2.44. The minimum atomic E-state index is -0.892. The number of hydrogen-bond donors (Lipinski definition) is 1. The predicted octanol–water partition coefficient (Wildman–Crippen LogP) is 3.34. The molecule has 1 saturated heterocycles. The average molecular weight is 337 g/mol. The Morgan fingerprint density at radius 3 is 2.75 bits per heavy atom. The Morgan fingerprint density at radius 2 is 1.96 bits per heavy atom. The molecule has 3 aliphatic rings. The quantitative estimate of drug-likeness (QED) is 0.867. The summed E-state index contributed by atoms with van der Waals surface area (Å²) in [6.45, 7) is 0. The molecule has 1 fully saturated rings. The first-order valence-corrected chi connectivity index (χ1v) is 8.89. The molecule has 2 atom stereocenters. The van der Waals surface area contributed by atoms with Gasteiger partial charge in [0.1, 0.15) is 5.75 Å². The number of carbonyl (C=O) groups excluding carboxylic acids is 1. The molecule has 3 aliphatic heterocycles. The molecular weight excluding hydrogens is 322 g/mol. The normalized spacial score (nSPS) is 27.3. The van der Waals surface area contributed by atoms with Crippen molar-refractivity contribution >= 4 is 22.7 Å². The number of hydrogen-bond acceptors (Lipinski definition) is 5. The van der Waals surface area contributed by atoms with Gasteiger partial charge in [-0.05, 0) is 11.6 Å². The third-order valence-electron chi connectivity index (χ3n) is 4.64. The Bertz CT molecular complexity index is 854. The third kappa shape index (κ3) is 1.96. The molecule has 1 spiro atoms. The molecule has 0 radical (unpaired) electrons. The van der Waals surface area contributed by atoms with E-state index in [2.05, 4.69) is 23.5 Å². The van der Waals surface area contributed by atoms with E-state index in [-0.39, 0.29) is 11.3 Å². The topological polar surface area (TPSA) is 53.9 Å². The van der Waals surface area contributed by atoms with Crippen molar-refractivity contribution in [2.24, 2.45) is 5.10 Å². The van der Waals surface area contributed by atoms with E-state index in [0.717, 1.165) is 29.0 Å². The molecule has 5 nitrogen and oxygen atoms in total. The lowest BCUT2D eigenvalue weighted by atomic mass is 9.96. The standard InChI is InChI=1S/C18H15N3O2S/c22-17-19-18(11-24-17)21-15(13-8-4-5-9-16(13)23-18)10-14(20-21)12-6-2-1-3-7-12/h1-9,15H,10-11H2,(H,19,22)/t15-,18-/m1/s1. The lowest BCUT2D eigenvalue weighted by Crippen LogP contribution is -2.62. The number of carbonyl (C=O) groups is 1. The van der Waals surface area contributed by atoms with Gasteiger partial charge in [0, 0.05) is 12.0 Å². The van der Waals surface area contributed by atoms with Crippen molar-refractivity contribution < 1.29 is 9.53 Å². The van der Waals surface area contributed by atoms with E-state index in [1.54, 1.807) is 0 Å². The number of para-hydroxylation sites is 1. The molecule has 120 valence electrons. The first-order valence-electron chi connectivity index (χ1n) is 7.90. The van der Waals surface area contributed by atoms with Crippen LogP contribution in [0.5, 0.6) is 5.75 Å². The van der Waals surface area contributed by atoms with Crippen LogP contribution in [0.15, 0.2) is 59.7 Å². The second-order valence-electron chi connectivity index (χ2n) is 6.10. The molecular formula is C18H15N3O2S. The zero-order chi connectivity index (χ0) is 16.1. The Morgan fingerprint density at radius 1 is 1.17 bits per heavy atom. The van der Waals surface area contributed by atoms with Crippen LogP contribution in [0.2, 0.25) is 0 Å². The molecule has 24 heavy (non-hydrogen) atoms. The fourth-order valence-corrected chi connectivity index (χ4v) is 4.36. The van der Waals surface area contributed by atoms with Gasteiger partial charge in [0.05, 0.1) is 17.5 Å². The number of ether oxygens (including phenoxy) is 1. The Labute approximate surface area is 143 Å². The zero-order valence-corrected chi connectivity index (χ0v) is 13.6. The monoisotopic (exact) mass is 337 g/mol. The Hall–Kier alpha value is -2.47. The second kappa shape index (κ2) is 5.01. The Kier molecular flexibility index (Phi) is 2.91. The highest BCUT2D eigenvalue weighted by molar-refractivity contribution is 8.14. The summed E-state index contributed by atoms with van der Waals surface area (Å²) in [6, 6.07) is 18.3. The first kappa shape index (κ1) is 13.9. The van der Waals surface area contributed by atoms with Crippen LogP contribution in [0, 0.1) is 0 Å². The van der Waals surface area contributed by atoms with E-state index in [0.29, 0.717) is 5.75 Å². The summed E-state index contributed by atoms with van der Waals surface area (Å²) < 4.78 is 6.21. The highest BCUT2D eigenvalue weighted by Gasteiger charge is 2.54. The van der Waals surface area contributed by atoms with Crippen LogP contribution in [0.25, 0.3) is 0 Å². The van der Waals surface area contributed by atoms with Crippen molar-refractivity contribution in [3.8, 4) is 5.75 Å². The summed E-state index contributed by atoms with van der Waals surface area (Å²) in [5, 5.41) is 9.69. The SMILES string of the molecule is O=C1N[C@@]2(CS1)Oc1ccccc1[C@H]1CC(c3ccccc3)=NN12. The summed E-state index contributed by atoms with van der Waals surface area (Å²) in [6.07, 6.45) is 0.798. The maximum Gasteiger partial charge on any atom is 0.289 e. The fourth-order valence-electron chi connectivity index (χ4n) is 3.54. The van der Waals surface area contributed by atoms with Gasteiger partial charge in [0.15, 0.2) is 0 Å². The van der Waals surface area contributed by atoms with Crippen LogP contribution in [0.4, 0.5) is 4.79 Å². The van der Waals surface area contributed by atoms with Crippen molar-refractivity contribution in [1.82, 2.24) is 10.3 Å². The van der Waals surface area contributed by atoms with Gasteiger partial charge in [-0.15, -0.1) is 0 Å². The second-order valence-corrected chi connectivity index (χ2v) is 7.05. The molecule has 5 rings (SSSR count). The molecule has 2 aromatic rings. The average Bonchev–Trinajstić information content (AvgIpc) is 3.22. The van der Waals surface area contributed by atoms with E-state index < -0.39 is 5.85 Å². The van der Waals surface area contributed by atoms with Crippen molar-refractivity contribution in [1.29, 1.82) is 0 Å². The number of nitrogens with one attached hydrogen (secondary N) is 1. The van der Waals surface area contributed by atoms with E-state index in [4.69, 9.17) is 9.84 Å². The van der Waals surface area contributed by atoms with Gasteiger partial charge in [-0.1, -0.05) is 60.3 Å². The minimum Gasteiger partial charge on any atom is -0.447 e. The summed E-state index contributed by atoms with van der Waals surface area (Å²) >= 11 is 1.24. The molecule has 0 saturated carbocycles. The van der Waals surface area contributed by atoms with Crippen molar-refractivity contribution in [2.75, 3.05) is 5.75 Å². The summed E-state index contributed by atoms with van der Waals surface area (Å²) in [5.41, 5.74) is 3.24. The van der Waals surface area contributed by atoms with Crippen LogP contribution >= 0.6 is 11.8 Å². The number of nitrogens with zero attached hydrogens (tertiary/aromatic N) is 2. The van der Waals surface area contributed by atoms with Crippen LogP contribution in [0.3, 0.4) is 0 Å². The molecule has 0 unspecified atom stereocenters. The van der Waals surface area contributed by atoms with Gasteiger partial charge >= 0.3 is 0 Å². The van der Waals surface area contributed by atoms with E-state index >= 15 is 0 Å². The fraction of sp³-hybridized carbons (Fsp3) is 0.222. The van der Waals surface area contributed by atoms with Gasteiger partial charge in [0.25, 0.3) is 11.1 Å². The zero-order valence-electron chi connectivity index (χ0n) is 12.8. The molecule has 1 N–H and O–H groups in total. The van der Waals surface area contributed by atoms with Crippen LogP contribution < -0.4 is 10.1 Å². The molecule has 1 amide bonds. The minimum absolute atomic E-state index is 0.0727. The van der Waals surface area contributed by atoms with Crippen molar-refractivity contribution in [3.05, 3.63) is 65.7 Å². The van der Waals surface area contributed by atoms with Gasteiger partial charge in [-0.25, -0.2) is 5.01 Å². The van der Waals surface area contributed by atoms with Gasteiger partial charge < -0.3 is 4.74 Å². The lowest BCUT2D eigenvalue weighted by molar-refractivity contribution is -0.111. The summed E-state index contributed by atoms with van der Waals surface area (Å²) in [4.78, 5) is 11.9. The number of hydrazone groups is 1. The van der Waals surface area contributed by atoms with E-state index in [1.807, 2.05) is 41.4 Å². The maximum atomic E-state index is 11.9. The number of thioether (sulfide) groups is 1. The molecule has 0 aromatic heterocycles. The number of rotatable bonds is 1. The molecule has 6 heteroatoms. The number of benzene rings is 2. The van der Waals surface area contributed by atoms with Gasteiger partial charge in [0.2, 0.25) is 0 Å². The van der Waals surface area contributed by atoms with Crippen LogP contribution in [0.1, 0.15) is 23.6 Å². The van der Waals surface area contributed by atoms with Crippen LogP contribution in [-0.4, -0.2) is 27.6 Å². The molecule has 3 heterocycles. The maximum absolute atomic E-state index is 11.9. The van der Waals surface area contributed by atoms with Crippen molar-refractivity contribution in [3.63, 3.8) is 0 Å². The van der Waals surface area contributed by atoms with Gasteiger partial charge in [-0.3, -0.25) is 10.1 Å². The van der Waals surface area contributed by atoms with E-state index in [1.165, 1.54) is 11.8 Å². The smallest absolute Gasteiger partial charge is 0.289 e. The molecule has 0 aliphatic carbocycles. The third-order valence-corrected chi connectivity index (χ3v) is 5.54.